The van der Waals surface area contributed by atoms with E-state index in [1.807, 2.05) is 0 Å². The van der Waals surface area contributed by atoms with Crippen molar-refractivity contribution < 1.29 is 19.3 Å². The molecule has 1 unspecified atom stereocenters. The quantitative estimate of drug-likeness (QED) is 0.889. The van der Waals surface area contributed by atoms with E-state index in [1.165, 1.54) is 31.4 Å². The predicted molar refractivity (Wildman–Crippen MR) is 69.4 cm³/mol. The van der Waals surface area contributed by atoms with Gasteiger partial charge in [-0.1, -0.05) is 24.3 Å². The predicted octanol–water partition coefficient (Wildman–Crippen LogP) is 2.41. The number of methoxy groups -OCH3 is 1. The van der Waals surface area contributed by atoms with Crippen molar-refractivity contribution in [3.8, 4) is 5.75 Å². The average Bonchev–Trinajstić information content (AvgIpc) is 2.46. The molecule has 0 radical (unpaired) electrons. The third kappa shape index (κ3) is 2.92. The van der Waals surface area contributed by atoms with Crippen molar-refractivity contribution in [2.75, 3.05) is 7.11 Å². The summed E-state index contributed by atoms with van der Waals surface area (Å²) in [4.78, 5) is 0. The second kappa shape index (κ2) is 5.82. The largest absolute Gasteiger partial charge is 0.496 e. The third-order valence-corrected chi connectivity index (χ3v) is 2.98. The average molecular weight is 262 g/mol. The number of hydrogen-bond acceptors (Lipinski definition) is 3. The fourth-order valence-electron chi connectivity index (χ4n) is 1.90. The zero-order valence-corrected chi connectivity index (χ0v) is 10.5. The van der Waals surface area contributed by atoms with Gasteiger partial charge in [-0.15, -0.1) is 0 Å². The third-order valence-electron chi connectivity index (χ3n) is 2.98. The van der Waals surface area contributed by atoms with Crippen LogP contribution in [0.2, 0.25) is 0 Å². The molecule has 0 aliphatic carbocycles. The highest BCUT2D eigenvalue weighted by Crippen LogP contribution is 2.27. The molecular weight excluding hydrogens is 247 g/mol. The summed E-state index contributed by atoms with van der Waals surface area (Å²) in [5.41, 5.74) is 1.87. The number of hydrogen-bond donors (Lipinski definition) is 2. The van der Waals surface area contributed by atoms with Crippen molar-refractivity contribution in [3.05, 3.63) is 65.0 Å². The first-order valence-electron chi connectivity index (χ1n) is 5.87. The van der Waals surface area contributed by atoms with Crippen LogP contribution in [0.15, 0.2) is 42.5 Å². The van der Waals surface area contributed by atoms with E-state index in [4.69, 9.17) is 9.84 Å². The molecule has 0 spiro atoms. The molecule has 0 amide bonds. The number of aliphatic hydroxyl groups is 2. The Kier molecular flexibility index (Phi) is 4.14. The molecule has 1 atom stereocenters. The van der Waals surface area contributed by atoms with Gasteiger partial charge in [0.25, 0.3) is 0 Å². The van der Waals surface area contributed by atoms with E-state index in [9.17, 15) is 9.50 Å². The van der Waals surface area contributed by atoms with Gasteiger partial charge in [0.15, 0.2) is 0 Å². The van der Waals surface area contributed by atoms with Gasteiger partial charge in [-0.05, 0) is 29.3 Å². The monoisotopic (exact) mass is 262 g/mol. The number of benzene rings is 2. The number of halogens is 1. The Morgan fingerprint density at radius 2 is 1.74 bits per heavy atom. The molecule has 0 heterocycles. The summed E-state index contributed by atoms with van der Waals surface area (Å²) >= 11 is 0. The van der Waals surface area contributed by atoms with Gasteiger partial charge in [0, 0.05) is 5.56 Å². The molecule has 3 nitrogen and oxygen atoms in total. The van der Waals surface area contributed by atoms with E-state index in [-0.39, 0.29) is 12.4 Å². The molecule has 4 heteroatoms. The first kappa shape index (κ1) is 13.5. The van der Waals surface area contributed by atoms with Gasteiger partial charge in [0.2, 0.25) is 0 Å². The van der Waals surface area contributed by atoms with Gasteiger partial charge in [-0.2, -0.15) is 0 Å². The SMILES string of the molecule is COc1cc(C(O)c2ccc(F)cc2)ccc1CO. The highest BCUT2D eigenvalue weighted by Gasteiger charge is 2.13. The van der Waals surface area contributed by atoms with Crippen LogP contribution < -0.4 is 4.74 Å². The minimum absolute atomic E-state index is 0.129. The van der Waals surface area contributed by atoms with Gasteiger partial charge in [-0.3, -0.25) is 0 Å². The number of ether oxygens (including phenoxy) is 1. The lowest BCUT2D eigenvalue weighted by molar-refractivity contribution is 0.219. The van der Waals surface area contributed by atoms with Crippen LogP contribution in [0, 0.1) is 5.82 Å². The van der Waals surface area contributed by atoms with Crippen molar-refractivity contribution in [1.82, 2.24) is 0 Å². The second-order valence-corrected chi connectivity index (χ2v) is 4.18. The van der Waals surface area contributed by atoms with E-state index in [0.717, 1.165) is 0 Å². The van der Waals surface area contributed by atoms with Crippen molar-refractivity contribution in [1.29, 1.82) is 0 Å². The Hall–Kier alpha value is -1.91. The topological polar surface area (TPSA) is 49.7 Å². The fourth-order valence-corrected chi connectivity index (χ4v) is 1.90. The molecule has 0 aliphatic heterocycles. The van der Waals surface area contributed by atoms with E-state index in [1.54, 1.807) is 18.2 Å². The van der Waals surface area contributed by atoms with Crippen LogP contribution in [0.1, 0.15) is 22.8 Å². The van der Waals surface area contributed by atoms with Gasteiger partial charge < -0.3 is 14.9 Å². The summed E-state index contributed by atoms with van der Waals surface area (Å²) in [6.45, 7) is -0.129. The van der Waals surface area contributed by atoms with E-state index >= 15 is 0 Å². The molecule has 100 valence electrons. The van der Waals surface area contributed by atoms with E-state index in [0.29, 0.717) is 22.4 Å². The molecular formula is C15H15FO3. The molecule has 0 aromatic heterocycles. The minimum atomic E-state index is -0.859. The van der Waals surface area contributed by atoms with Crippen molar-refractivity contribution >= 4 is 0 Å². The molecule has 0 fully saturated rings. The van der Waals surface area contributed by atoms with Crippen LogP contribution in [0.25, 0.3) is 0 Å². The Balaban J connectivity index is 2.33. The zero-order valence-electron chi connectivity index (χ0n) is 10.5. The van der Waals surface area contributed by atoms with E-state index < -0.39 is 6.10 Å². The maximum absolute atomic E-state index is 12.8. The Labute approximate surface area is 110 Å². The molecule has 2 aromatic rings. The lowest BCUT2D eigenvalue weighted by Crippen LogP contribution is -2.01. The van der Waals surface area contributed by atoms with Crippen LogP contribution in [-0.2, 0) is 6.61 Å². The van der Waals surface area contributed by atoms with Crippen LogP contribution in [-0.4, -0.2) is 17.3 Å². The molecule has 0 saturated carbocycles. The second-order valence-electron chi connectivity index (χ2n) is 4.18. The maximum atomic E-state index is 12.8. The van der Waals surface area contributed by atoms with E-state index in [2.05, 4.69) is 0 Å². The number of aliphatic hydroxyl groups excluding tert-OH is 2. The molecule has 0 saturated heterocycles. The molecule has 2 N–H and O–H groups in total. The first-order valence-corrected chi connectivity index (χ1v) is 5.87. The lowest BCUT2D eigenvalue weighted by Gasteiger charge is -2.14. The van der Waals surface area contributed by atoms with Crippen LogP contribution in [0.3, 0.4) is 0 Å². The smallest absolute Gasteiger partial charge is 0.124 e. The van der Waals surface area contributed by atoms with Crippen molar-refractivity contribution in [3.63, 3.8) is 0 Å². The normalized spacial score (nSPS) is 12.2. The maximum Gasteiger partial charge on any atom is 0.124 e. The Bertz CT molecular complexity index is 552. The minimum Gasteiger partial charge on any atom is -0.496 e. The lowest BCUT2D eigenvalue weighted by atomic mass is 10.00. The Morgan fingerprint density at radius 1 is 1.11 bits per heavy atom. The van der Waals surface area contributed by atoms with Crippen molar-refractivity contribution in [2.24, 2.45) is 0 Å². The van der Waals surface area contributed by atoms with Crippen LogP contribution in [0.5, 0.6) is 5.75 Å². The molecule has 19 heavy (non-hydrogen) atoms. The number of rotatable bonds is 4. The highest BCUT2D eigenvalue weighted by molar-refractivity contribution is 5.40. The van der Waals surface area contributed by atoms with Crippen LogP contribution >= 0.6 is 0 Å². The summed E-state index contributed by atoms with van der Waals surface area (Å²) in [7, 11) is 1.50. The van der Waals surface area contributed by atoms with Gasteiger partial charge in [-0.25, -0.2) is 4.39 Å². The van der Waals surface area contributed by atoms with Gasteiger partial charge in [0.1, 0.15) is 17.7 Å². The summed E-state index contributed by atoms with van der Waals surface area (Å²) in [5, 5.41) is 19.4. The van der Waals surface area contributed by atoms with Crippen LogP contribution in [0.4, 0.5) is 4.39 Å². The molecule has 0 bridgehead atoms. The molecule has 2 aromatic carbocycles. The zero-order chi connectivity index (χ0) is 13.8. The molecule has 2 rings (SSSR count). The van der Waals surface area contributed by atoms with Gasteiger partial charge >= 0.3 is 0 Å². The van der Waals surface area contributed by atoms with Gasteiger partial charge in [0.05, 0.1) is 13.7 Å². The standard InChI is InChI=1S/C15H15FO3/c1-19-14-8-11(2-3-12(14)9-17)15(18)10-4-6-13(16)7-5-10/h2-8,15,17-18H,9H2,1H3. The van der Waals surface area contributed by atoms with Crippen molar-refractivity contribution in [2.45, 2.75) is 12.7 Å². The summed E-state index contributed by atoms with van der Waals surface area (Å²) < 4.78 is 18.0. The fraction of sp³-hybridized carbons (Fsp3) is 0.200. The summed E-state index contributed by atoms with van der Waals surface area (Å²) in [5.74, 6) is 0.172. The summed E-state index contributed by atoms with van der Waals surface area (Å²) in [6.07, 6.45) is -0.859. The Morgan fingerprint density at radius 3 is 2.32 bits per heavy atom. The summed E-state index contributed by atoms with van der Waals surface area (Å²) in [6, 6.07) is 10.7. The first-order chi connectivity index (χ1) is 9.15. The highest BCUT2D eigenvalue weighted by atomic mass is 19.1. The molecule has 0 aliphatic rings.